The number of likely N-dealkylation sites (tertiary alicyclic amines) is 1. The molecule has 7 heteroatoms. The summed E-state index contributed by atoms with van der Waals surface area (Å²) in [6.07, 6.45) is 1.26. The molecule has 132 valence electrons. The van der Waals surface area contributed by atoms with E-state index in [1.807, 2.05) is 27.7 Å². The first kappa shape index (κ1) is 18.0. The molecular weight excluding hydrogens is 312 g/mol. The van der Waals surface area contributed by atoms with Crippen LogP contribution in [-0.2, 0) is 4.74 Å². The normalized spacial score (nSPS) is 21.2. The number of nitro groups is 1. The van der Waals surface area contributed by atoms with Crippen LogP contribution in [0.25, 0.3) is 0 Å². The Labute approximate surface area is 141 Å². The van der Waals surface area contributed by atoms with Crippen molar-refractivity contribution >= 4 is 11.8 Å². The molecule has 0 aliphatic carbocycles. The molecule has 0 N–H and O–H groups in total. The van der Waals surface area contributed by atoms with Crippen molar-refractivity contribution < 1.29 is 19.2 Å². The summed E-state index contributed by atoms with van der Waals surface area (Å²) in [7, 11) is 0. The zero-order valence-electron chi connectivity index (χ0n) is 14.6. The van der Waals surface area contributed by atoms with Crippen molar-refractivity contribution in [3.05, 3.63) is 34.4 Å². The lowest BCUT2D eigenvalue weighted by Gasteiger charge is -2.40. The first-order valence-electron chi connectivity index (χ1n) is 7.99. The molecule has 1 aliphatic heterocycles. The molecule has 2 rings (SSSR count). The Hall–Kier alpha value is -2.31. The van der Waals surface area contributed by atoms with Gasteiger partial charge in [0, 0.05) is 18.7 Å². The van der Waals surface area contributed by atoms with E-state index in [1.54, 1.807) is 17.0 Å². The SMILES string of the molecule is CC(C)(C)OC(=O)N1CCCC(C)(Oc2ccc([N+](=O)[O-])cc2)C1. The molecule has 0 radical (unpaired) electrons. The summed E-state index contributed by atoms with van der Waals surface area (Å²) in [5.41, 5.74) is -1.07. The number of carbonyl (C=O) groups is 1. The zero-order chi connectivity index (χ0) is 18.0. The van der Waals surface area contributed by atoms with Gasteiger partial charge >= 0.3 is 6.09 Å². The van der Waals surface area contributed by atoms with E-state index >= 15 is 0 Å². The molecule has 1 fully saturated rings. The average molecular weight is 336 g/mol. The fourth-order valence-corrected chi connectivity index (χ4v) is 2.69. The molecule has 1 aromatic rings. The lowest BCUT2D eigenvalue weighted by atomic mass is 9.95. The van der Waals surface area contributed by atoms with Gasteiger partial charge in [-0.15, -0.1) is 0 Å². The molecule has 1 amide bonds. The molecule has 0 bridgehead atoms. The quantitative estimate of drug-likeness (QED) is 0.620. The van der Waals surface area contributed by atoms with E-state index in [0.717, 1.165) is 12.8 Å². The Morgan fingerprint density at radius 2 is 1.92 bits per heavy atom. The monoisotopic (exact) mass is 336 g/mol. The van der Waals surface area contributed by atoms with Crippen LogP contribution >= 0.6 is 0 Å². The Balaban J connectivity index is 2.03. The van der Waals surface area contributed by atoms with Crippen LogP contribution in [0.4, 0.5) is 10.5 Å². The number of nitrogens with zero attached hydrogens (tertiary/aromatic N) is 2. The lowest BCUT2D eigenvalue weighted by molar-refractivity contribution is -0.384. The number of rotatable bonds is 3. The van der Waals surface area contributed by atoms with Crippen LogP contribution in [0.15, 0.2) is 24.3 Å². The van der Waals surface area contributed by atoms with Crippen LogP contribution in [-0.4, -0.2) is 40.2 Å². The van der Waals surface area contributed by atoms with Gasteiger partial charge in [-0.05, 0) is 52.7 Å². The van der Waals surface area contributed by atoms with Gasteiger partial charge in [0.25, 0.3) is 5.69 Å². The summed E-state index contributed by atoms with van der Waals surface area (Å²) in [6, 6.07) is 5.98. The van der Waals surface area contributed by atoms with Crippen LogP contribution in [0.1, 0.15) is 40.5 Å². The minimum atomic E-state index is -0.550. The molecular formula is C17H24N2O5. The van der Waals surface area contributed by atoms with E-state index in [4.69, 9.17) is 9.47 Å². The van der Waals surface area contributed by atoms with Crippen LogP contribution in [0.3, 0.4) is 0 Å². The smallest absolute Gasteiger partial charge is 0.410 e. The molecule has 1 saturated heterocycles. The van der Waals surface area contributed by atoms with Crippen LogP contribution in [0.2, 0.25) is 0 Å². The standard InChI is InChI=1S/C17H24N2O5/c1-16(2,3)24-15(20)18-11-5-10-17(4,12-18)23-14-8-6-13(7-9-14)19(21)22/h6-9H,5,10-12H2,1-4H3. The van der Waals surface area contributed by atoms with Crippen molar-refractivity contribution in [2.75, 3.05) is 13.1 Å². The number of hydrogen-bond acceptors (Lipinski definition) is 5. The van der Waals surface area contributed by atoms with Gasteiger partial charge in [0.2, 0.25) is 0 Å². The summed E-state index contributed by atoms with van der Waals surface area (Å²) in [6.45, 7) is 8.49. The summed E-state index contributed by atoms with van der Waals surface area (Å²) in [5.74, 6) is 0.550. The second-order valence-corrected chi connectivity index (χ2v) is 7.31. The van der Waals surface area contributed by atoms with Gasteiger partial charge in [-0.3, -0.25) is 10.1 Å². The topological polar surface area (TPSA) is 81.9 Å². The molecule has 1 heterocycles. The molecule has 1 aromatic carbocycles. The Morgan fingerprint density at radius 1 is 1.29 bits per heavy atom. The van der Waals surface area contributed by atoms with Gasteiger partial charge in [-0.1, -0.05) is 0 Å². The number of ether oxygens (including phenoxy) is 2. The molecule has 0 aromatic heterocycles. The number of benzene rings is 1. The molecule has 7 nitrogen and oxygen atoms in total. The van der Waals surface area contributed by atoms with Crippen molar-refractivity contribution in [2.24, 2.45) is 0 Å². The number of nitro benzene ring substituents is 1. The maximum absolute atomic E-state index is 12.2. The fourth-order valence-electron chi connectivity index (χ4n) is 2.69. The van der Waals surface area contributed by atoms with Crippen molar-refractivity contribution in [2.45, 2.75) is 51.7 Å². The van der Waals surface area contributed by atoms with Crippen LogP contribution in [0, 0.1) is 10.1 Å². The van der Waals surface area contributed by atoms with Gasteiger partial charge in [0.05, 0.1) is 11.5 Å². The van der Waals surface area contributed by atoms with Crippen molar-refractivity contribution in [3.63, 3.8) is 0 Å². The molecule has 1 aliphatic rings. The molecule has 24 heavy (non-hydrogen) atoms. The van der Waals surface area contributed by atoms with Crippen molar-refractivity contribution in [1.29, 1.82) is 0 Å². The summed E-state index contributed by atoms with van der Waals surface area (Å²) < 4.78 is 11.4. The second-order valence-electron chi connectivity index (χ2n) is 7.31. The van der Waals surface area contributed by atoms with Gasteiger partial charge in [0.15, 0.2) is 0 Å². The van der Waals surface area contributed by atoms with Gasteiger partial charge in [0.1, 0.15) is 17.0 Å². The van der Waals surface area contributed by atoms with Gasteiger partial charge < -0.3 is 14.4 Å². The summed E-state index contributed by atoms with van der Waals surface area (Å²) in [4.78, 5) is 24.2. The van der Waals surface area contributed by atoms with E-state index in [-0.39, 0.29) is 11.8 Å². The largest absolute Gasteiger partial charge is 0.486 e. The summed E-state index contributed by atoms with van der Waals surface area (Å²) in [5, 5.41) is 10.7. The third kappa shape index (κ3) is 4.84. The summed E-state index contributed by atoms with van der Waals surface area (Å²) >= 11 is 0. The average Bonchev–Trinajstić information content (AvgIpc) is 2.45. The number of non-ortho nitro benzene ring substituents is 1. The van der Waals surface area contributed by atoms with Crippen molar-refractivity contribution in [3.8, 4) is 5.75 Å². The first-order valence-corrected chi connectivity index (χ1v) is 7.99. The lowest BCUT2D eigenvalue weighted by Crippen LogP contribution is -2.52. The van der Waals surface area contributed by atoms with Gasteiger partial charge in [-0.2, -0.15) is 0 Å². The third-order valence-corrected chi connectivity index (χ3v) is 3.72. The van der Waals surface area contributed by atoms with E-state index in [2.05, 4.69) is 0 Å². The van der Waals surface area contributed by atoms with Crippen LogP contribution < -0.4 is 4.74 Å². The predicted octanol–water partition coefficient (Wildman–Crippen LogP) is 3.76. The predicted molar refractivity (Wildman–Crippen MR) is 89.2 cm³/mol. The fraction of sp³-hybridized carbons (Fsp3) is 0.588. The number of carbonyl (C=O) groups excluding carboxylic acids is 1. The molecule has 1 atom stereocenters. The highest BCUT2D eigenvalue weighted by Crippen LogP contribution is 2.29. The zero-order valence-corrected chi connectivity index (χ0v) is 14.6. The van der Waals surface area contributed by atoms with Gasteiger partial charge in [-0.25, -0.2) is 4.79 Å². The Bertz CT molecular complexity index is 608. The maximum atomic E-state index is 12.2. The Kier molecular flexibility index (Phi) is 5.01. The minimum absolute atomic E-state index is 0.0199. The molecule has 1 unspecified atom stereocenters. The van der Waals surface area contributed by atoms with E-state index in [9.17, 15) is 14.9 Å². The van der Waals surface area contributed by atoms with Crippen molar-refractivity contribution in [1.82, 2.24) is 4.90 Å². The first-order chi connectivity index (χ1) is 11.1. The minimum Gasteiger partial charge on any atom is -0.486 e. The van der Waals surface area contributed by atoms with E-state index in [0.29, 0.717) is 18.8 Å². The highest BCUT2D eigenvalue weighted by atomic mass is 16.6. The molecule has 0 spiro atoms. The van der Waals surface area contributed by atoms with Crippen LogP contribution in [0.5, 0.6) is 5.75 Å². The number of piperidine rings is 1. The highest BCUT2D eigenvalue weighted by Gasteiger charge is 2.36. The third-order valence-electron chi connectivity index (χ3n) is 3.72. The Morgan fingerprint density at radius 3 is 2.46 bits per heavy atom. The van der Waals surface area contributed by atoms with E-state index in [1.165, 1.54) is 12.1 Å². The van der Waals surface area contributed by atoms with E-state index < -0.39 is 16.1 Å². The number of amides is 1. The maximum Gasteiger partial charge on any atom is 0.410 e. The second kappa shape index (κ2) is 6.67. The number of hydrogen-bond donors (Lipinski definition) is 0. The highest BCUT2D eigenvalue weighted by molar-refractivity contribution is 5.68. The molecule has 0 saturated carbocycles.